The number of amides is 4. The molecule has 0 unspecified atom stereocenters. The number of carbonyl (C=O) groups excluding carboxylic acids is 3. The first-order valence-corrected chi connectivity index (χ1v) is 8.91. The molecule has 1 aliphatic rings. The predicted octanol–water partition coefficient (Wildman–Crippen LogP) is 2.33. The number of nitrogens with one attached hydrogen (secondary N) is 2. The lowest BCUT2D eigenvalue weighted by molar-refractivity contribution is -0.108. The maximum atomic E-state index is 13.1. The van der Waals surface area contributed by atoms with E-state index in [9.17, 15) is 18.8 Å². The first-order valence-electron chi connectivity index (χ1n) is 8.91. The van der Waals surface area contributed by atoms with Crippen molar-refractivity contribution in [3.63, 3.8) is 0 Å². The molecule has 0 fully saturated rings. The Morgan fingerprint density at radius 1 is 1.28 bits per heavy atom. The molecule has 0 saturated carbocycles. The summed E-state index contributed by atoms with van der Waals surface area (Å²) in [6.07, 6.45) is 3.68. The van der Waals surface area contributed by atoms with Crippen LogP contribution in [-0.2, 0) is 11.3 Å². The number of urea groups is 1. The van der Waals surface area contributed by atoms with Crippen molar-refractivity contribution in [1.29, 1.82) is 0 Å². The predicted molar refractivity (Wildman–Crippen MR) is 105 cm³/mol. The Morgan fingerprint density at radius 2 is 2.03 bits per heavy atom. The first-order chi connectivity index (χ1) is 14.0. The summed E-state index contributed by atoms with van der Waals surface area (Å²) in [5.41, 5.74) is 2.16. The summed E-state index contributed by atoms with van der Waals surface area (Å²) in [6, 6.07) is 9.91. The molecular weight excluding hydrogens is 377 g/mol. The van der Waals surface area contributed by atoms with Crippen molar-refractivity contribution in [3.05, 3.63) is 71.0 Å². The van der Waals surface area contributed by atoms with E-state index in [1.165, 1.54) is 19.2 Å². The number of rotatable bonds is 7. The maximum absolute atomic E-state index is 13.1. The molecule has 7 nitrogen and oxygen atoms in total. The summed E-state index contributed by atoms with van der Waals surface area (Å²) in [5.74, 6) is 0.0740. The van der Waals surface area contributed by atoms with Crippen molar-refractivity contribution < 1.29 is 23.5 Å². The van der Waals surface area contributed by atoms with Gasteiger partial charge in [-0.15, -0.1) is 0 Å². The van der Waals surface area contributed by atoms with Gasteiger partial charge >= 0.3 is 6.03 Å². The summed E-state index contributed by atoms with van der Waals surface area (Å²) in [6.45, 7) is 0.593. The molecule has 2 aromatic rings. The lowest BCUT2D eigenvalue weighted by Crippen LogP contribution is -2.46. The van der Waals surface area contributed by atoms with Crippen molar-refractivity contribution in [2.45, 2.75) is 12.6 Å². The number of methoxy groups -OCH3 is 1. The van der Waals surface area contributed by atoms with Gasteiger partial charge in [-0.2, -0.15) is 0 Å². The highest BCUT2D eigenvalue weighted by molar-refractivity contribution is 5.98. The molecule has 1 heterocycles. The highest BCUT2D eigenvalue weighted by Gasteiger charge is 2.29. The molecule has 0 aromatic heterocycles. The molecule has 8 heteroatoms. The van der Waals surface area contributed by atoms with E-state index in [0.29, 0.717) is 17.9 Å². The van der Waals surface area contributed by atoms with Crippen molar-refractivity contribution in [3.8, 4) is 5.75 Å². The zero-order valence-corrected chi connectivity index (χ0v) is 15.7. The highest BCUT2D eigenvalue weighted by Crippen LogP contribution is 2.26. The van der Waals surface area contributed by atoms with Gasteiger partial charge in [-0.3, -0.25) is 14.9 Å². The number of ether oxygens (including phenoxy) is 1. The van der Waals surface area contributed by atoms with Crippen LogP contribution in [0.3, 0.4) is 0 Å². The lowest BCUT2D eigenvalue weighted by Gasteiger charge is -2.22. The fourth-order valence-electron chi connectivity index (χ4n) is 3.07. The van der Waals surface area contributed by atoms with Crippen molar-refractivity contribution in [2.24, 2.45) is 0 Å². The Bertz CT molecular complexity index is 943. The van der Waals surface area contributed by atoms with Gasteiger partial charge in [0, 0.05) is 18.7 Å². The molecule has 0 saturated heterocycles. The van der Waals surface area contributed by atoms with Crippen LogP contribution in [0.2, 0.25) is 0 Å². The van der Waals surface area contributed by atoms with Gasteiger partial charge in [-0.05, 0) is 35.4 Å². The third-order valence-corrected chi connectivity index (χ3v) is 4.51. The molecule has 0 spiro atoms. The highest BCUT2D eigenvalue weighted by atomic mass is 19.1. The Hall–Kier alpha value is -3.68. The maximum Gasteiger partial charge on any atom is 0.321 e. The zero-order valence-electron chi connectivity index (χ0n) is 15.7. The molecule has 0 radical (unpaired) electrons. The molecule has 2 aromatic carbocycles. The Kier molecular flexibility index (Phi) is 6.23. The topological polar surface area (TPSA) is 87.7 Å². The Morgan fingerprint density at radius 3 is 2.72 bits per heavy atom. The fourth-order valence-corrected chi connectivity index (χ4v) is 3.07. The largest absolute Gasteiger partial charge is 0.497 e. The van der Waals surface area contributed by atoms with Gasteiger partial charge < -0.3 is 15.0 Å². The van der Waals surface area contributed by atoms with E-state index in [4.69, 9.17) is 4.74 Å². The summed E-state index contributed by atoms with van der Waals surface area (Å²) >= 11 is 0. The molecule has 29 heavy (non-hydrogen) atoms. The number of hydrogen-bond acceptors (Lipinski definition) is 4. The van der Waals surface area contributed by atoms with Crippen LogP contribution in [0.15, 0.2) is 48.5 Å². The normalized spacial score (nSPS) is 13.9. The number of halogens is 1. The van der Waals surface area contributed by atoms with Gasteiger partial charge in [0.25, 0.3) is 5.91 Å². The summed E-state index contributed by atoms with van der Waals surface area (Å²) < 4.78 is 18.2. The van der Waals surface area contributed by atoms with Crippen LogP contribution in [-0.4, -0.2) is 42.9 Å². The molecule has 0 bridgehead atoms. The SMILES string of the molecule is COc1ccc2c(c1)C(=O)N(C[C@@H](/C=C/c1ccc(F)cc1)NC(=O)NC=O)C2. The van der Waals surface area contributed by atoms with Crippen LogP contribution in [0.1, 0.15) is 21.5 Å². The molecular formula is C21H20FN3O4. The molecule has 2 N–H and O–H groups in total. The number of carbonyl (C=O) groups is 3. The van der Waals surface area contributed by atoms with Gasteiger partial charge in [0.05, 0.1) is 13.2 Å². The van der Waals surface area contributed by atoms with Crippen LogP contribution in [0.25, 0.3) is 6.08 Å². The van der Waals surface area contributed by atoms with Gasteiger partial charge in [0.2, 0.25) is 6.41 Å². The van der Waals surface area contributed by atoms with Crippen LogP contribution < -0.4 is 15.4 Å². The molecule has 3 rings (SSSR count). The van der Waals surface area contributed by atoms with Crippen molar-refractivity contribution in [1.82, 2.24) is 15.5 Å². The standard InChI is InChI=1S/C21H20FN3O4/c1-29-18-9-5-15-11-25(20(27)19(15)10-18)12-17(24-21(28)23-13-26)8-4-14-2-6-16(22)7-3-14/h2-10,13,17H,11-12H2,1H3,(H2,23,24,26,28)/b8-4+/t17-/m1/s1. The van der Waals surface area contributed by atoms with Crippen LogP contribution in [0.4, 0.5) is 9.18 Å². The van der Waals surface area contributed by atoms with Gasteiger partial charge in [-0.25, -0.2) is 9.18 Å². The number of nitrogens with zero attached hydrogens (tertiary/aromatic N) is 1. The molecule has 1 atom stereocenters. The summed E-state index contributed by atoms with van der Waals surface area (Å²) in [7, 11) is 1.53. The fraction of sp³-hybridized carbons (Fsp3) is 0.190. The smallest absolute Gasteiger partial charge is 0.321 e. The van der Waals surface area contributed by atoms with Crippen molar-refractivity contribution in [2.75, 3.05) is 13.7 Å². The minimum Gasteiger partial charge on any atom is -0.497 e. The first kappa shape index (κ1) is 20.1. The number of fused-ring (bicyclic) bond motifs is 1. The Balaban J connectivity index is 1.75. The van der Waals surface area contributed by atoms with Crippen molar-refractivity contribution >= 4 is 24.4 Å². The number of hydrogen-bond donors (Lipinski definition) is 2. The summed E-state index contributed by atoms with van der Waals surface area (Å²) in [4.78, 5) is 36.7. The van der Waals surface area contributed by atoms with E-state index in [1.54, 1.807) is 41.3 Å². The Labute approximate surface area is 167 Å². The third kappa shape index (κ3) is 4.98. The second-order valence-corrected chi connectivity index (χ2v) is 6.46. The summed E-state index contributed by atoms with van der Waals surface area (Å²) in [5, 5.41) is 4.65. The van der Waals surface area contributed by atoms with E-state index >= 15 is 0 Å². The monoisotopic (exact) mass is 397 g/mol. The quantitative estimate of drug-likeness (QED) is 0.702. The van der Waals surface area contributed by atoms with E-state index < -0.39 is 12.1 Å². The second-order valence-electron chi connectivity index (χ2n) is 6.46. The van der Waals surface area contributed by atoms with Crippen LogP contribution in [0.5, 0.6) is 5.75 Å². The van der Waals surface area contributed by atoms with Crippen LogP contribution in [0, 0.1) is 5.82 Å². The lowest BCUT2D eigenvalue weighted by atomic mass is 10.1. The molecule has 0 aliphatic carbocycles. The average Bonchev–Trinajstić information content (AvgIpc) is 3.02. The van der Waals surface area contributed by atoms with E-state index in [2.05, 4.69) is 5.32 Å². The minimum absolute atomic E-state index is 0.170. The average molecular weight is 397 g/mol. The zero-order chi connectivity index (χ0) is 20.8. The molecule has 150 valence electrons. The van der Waals surface area contributed by atoms with E-state index in [-0.39, 0.29) is 24.7 Å². The van der Waals surface area contributed by atoms with E-state index in [1.807, 2.05) is 11.4 Å². The van der Waals surface area contributed by atoms with E-state index in [0.717, 1.165) is 11.1 Å². The van der Waals surface area contributed by atoms with Gasteiger partial charge in [-0.1, -0.05) is 30.4 Å². The number of imide groups is 1. The van der Waals surface area contributed by atoms with Gasteiger partial charge in [0.15, 0.2) is 0 Å². The minimum atomic E-state index is -0.681. The van der Waals surface area contributed by atoms with Crippen LogP contribution >= 0.6 is 0 Å². The third-order valence-electron chi connectivity index (χ3n) is 4.51. The molecule has 1 aliphatic heterocycles. The van der Waals surface area contributed by atoms with Gasteiger partial charge in [0.1, 0.15) is 11.6 Å². The molecule has 4 amide bonds. The second kappa shape index (κ2) is 9.01. The number of benzene rings is 2.